The molecule has 0 heterocycles. The zero-order valence-electron chi connectivity index (χ0n) is 7.82. The SMILES string of the molecule is COC(C)CCC(=O)C=CC(=O)O. The Labute approximate surface area is 77.2 Å². The maximum atomic E-state index is 11.0. The molecule has 0 saturated carbocycles. The number of allylic oxidation sites excluding steroid dienone is 1. The lowest BCUT2D eigenvalue weighted by Crippen LogP contribution is -2.07. The van der Waals surface area contributed by atoms with Gasteiger partial charge in [0.25, 0.3) is 0 Å². The van der Waals surface area contributed by atoms with Crippen LogP contribution in [-0.2, 0) is 14.3 Å². The van der Waals surface area contributed by atoms with E-state index in [-0.39, 0.29) is 11.9 Å². The van der Waals surface area contributed by atoms with Crippen LogP contribution in [0.15, 0.2) is 12.2 Å². The van der Waals surface area contributed by atoms with E-state index in [4.69, 9.17) is 9.84 Å². The van der Waals surface area contributed by atoms with Gasteiger partial charge in [-0.25, -0.2) is 4.79 Å². The molecule has 4 nitrogen and oxygen atoms in total. The summed E-state index contributed by atoms with van der Waals surface area (Å²) < 4.78 is 4.93. The summed E-state index contributed by atoms with van der Waals surface area (Å²) in [5.74, 6) is -1.29. The van der Waals surface area contributed by atoms with E-state index in [2.05, 4.69) is 0 Å². The Hall–Kier alpha value is -1.16. The van der Waals surface area contributed by atoms with Crippen LogP contribution in [0.25, 0.3) is 0 Å². The molecule has 0 rings (SSSR count). The molecule has 0 bridgehead atoms. The van der Waals surface area contributed by atoms with E-state index in [0.29, 0.717) is 12.8 Å². The van der Waals surface area contributed by atoms with E-state index in [1.54, 1.807) is 7.11 Å². The number of methoxy groups -OCH3 is 1. The normalized spacial score (nSPS) is 13.1. The van der Waals surface area contributed by atoms with E-state index >= 15 is 0 Å². The molecule has 1 N–H and O–H groups in total. The van der Waals surface area contributed by atoms with Gasteiger partial charge in [-0.05, 0) is 19.4 Å². The lowest BCUT2D eigenvalue weighted by atomic mass is 10.1. The van der Waals surface area contributed by atoms with Crippen LogP contribution < -0.4 is 0 Å². The van der Waals surface area contributed by atoms with Crippen LogP contribution in [0, 0.1) is 0 Å². The van der Waals surface area contributed by atoms with Crippen molar-refractivity contribution in [3.63, 3.8) is 0 Å². The van der Waals surface area contributed by atoms with Crippen LogP contribution >= 0.6 is 0 Å². The third kappa shape index (κ3) is 7.21. The van der Waals surface area contributed by atoms with Crippen molar-refractivity contribution in [2.75, 3.05) is 7.11 Å². The molecule has 13 heavy (non-hydrogen) atoms. The zero-order valence-corrected chi connectivity index (χ0v) is 7.82. The van der Waals surface area contributed by atoms with Crippen LogP contribution in [0.3, 0.4) is 0 Å². The van der Waals surface area contributed by atoms with Crippen LogP contribution in [0.5, 0.6) is 0 Å². The average molecular weight is 186 g/mol. The highest BCUT2D eigenvalue weighted by atomic mass is 16.5. The summed E-state index contributed by atoms with van der Waals surface area (Å²) in [6.07, 6.45) is 2.88. The summed E-state index contributed by atoms with van der Waals surface area (Å²) in [5, 5.41) is 8.22. The molecule has 0 radical (unpaired) electrons. The highest BCUT2D eigenvalue weighted by Gasteiger charge is 2.03. The van der Waals surface area contributed by atoms with Crippen molar-refractivity contribution >= 4 is 11.8 Å². The third-order valence-electron chi connectivity index (χ3n) is 1.61. The number of hydrogen-bond donors (Lipinski definition) is 1. The number of carbonyl (C=O) groups excluding carboxylic acids is 1. The first kappa shape index (κ1) is 11.8. The Morgan fingerprint density at radius 1 is 1.46 bits per heavy atom. The van der Waals surface area contributed by atoms with E-state index in [1.165, 1.54) is 0 Å². The summed E-state index contributed by atoms with van der Waals surface area (Å²) in [7, 11) is 1.57. The number of ether oxygens (including phenoxy) is 1. The molecular weight excluding hydrogens is 172 g/mol. The van der Waals surface area contributed by atoms with Gasteiger partial charge < -0.3 is 9.84 Å². The van der Waals surface area contributed by atoms with Crippen molar-refractivity contribution in [2.24, 2.45) is 0 Å². The lowest BCUT2D eigenvalue weighted by molar-refractivity contribution is -0.131. The molecule has 0 aliphatic rings. The summed E-state index contributed by atoms with van der Waals surface area (Å²) in [6, 6.07) is 0. The first-order valence-corrected chi connectivity index (χ1v) is 4.03. The molecule has 0 aliphatic heterocycles. The van der Waals surface area contributed by atoms with E-state index in [1.807, 2.05) is 6.92 Å². The highest BCUT2D eigenvalue weighted by molar-refractivity contribution is 5.95. The topological polar surface area (TPSA) is 63.6 Å². The van der Waals surface area contributed by atoms with Gasteiger partial charge in [-0.2, -0.15) is 0 Å². The Bertz CT molecular complexity index is 208. The molecule has 0 amide bonds. The van der Waals surface area contributed by atoms with Crippen molar-refractivity contribution in [3.8, 4) is 0 Å². The van der Waals surface area contributed by atoms with Crippen LogP contribution in [-0.4, -0.2) is 30.1 Å². The molecule has 0 spiro atoms. The van der Waals surface area contributed by atoms with Crippen molar-refractivity contribution in [2.45, 2.75) is 25.9 Å². The largest absolute Gasteiger partial charge is 0.478 e. The fraction of sp³-hybridized carbons (Fsp3) is 0.556. The Morgan fingerprint density at radius 3 is 2.54 bits per heavy atom. The van der Waals surface area contributed by atoms with Gasteiger partial charge in [0.1, 0.15) is 0 Å². The smallest absolute Gasteiger partial charge is 0.328 e. The number of rotatable bonds is 6. The molecule has 0 fully saturated rings. The average Bonchev–Trinajstić information content (AvgIpc) is 2.10. The second-order valence-electron chi connectivity index (χ2n) is 2.72. The van der Waals surface area contributed by atoms with Gasteiger partial charge in [0.05, 0.1) is 6.10 Å². The monoisotopic (exact) mass is 186 g/mol. The van der Waals surface area contributed by atoms with Gasteiger partial charge in [0.2, 0.25) is 0 Å². The molecule has 4 heteroatoms. The van der Waals surface area contributed by atoms with Gasteiger partial charge in [0, 0.05) is 19.6 Å². The van der Waals surface area contributed by atoms with Gasteiger partial charge in [-0.3, -0.25) is 4.79 Å². The van der Waals surface area contributed by atoms with Crippen LogP contribution in [0.1, 0.15) is 19.8 Å². The second kappa shape index (κ2) is 6.37. The first-order chi connectivity index (χ1) is 6.06. The first-order valence-electron chi connectivity index (χ1n) is 4.03. The molecular formula is C9H14O4. The summed E-state index contributed by atoms with van der Waals surface area (Å²) >= 11 is 0. The fourth-order valence-corrected chi connectivity index (χ4v) is 0.711. The summed E-state index contributed by atoms with van der Waals surface area (Å²) in [6.45, 7) is 1.86. The minimum absolute atomic E-state index is 0.0298. The highest BCUT2D eigenvalue weighted by Crippen LogP contribution is 2.01. The quantitative estimate of drug-likeness (QED) is 0.629. The fourth-order valence-electron chi connectivity index (χ4n) is 0.711. The van der Waals surface area contributed by atoms with E-state index in [9.17, 15) is 9.59 Å². The molecule has 0 aliphatic carbocycles. The molecule has 0 aromatic heterocycles. The molecule has 0 aromatic rings. The molecule has 74 valence electrons. The van der Waals surface area contributed by atoms with Gasteiger partial charge in [-0.15, -0.1) is 0 Å². The van der Waals surface area contributed by atoms with Crippen LogP contribution in [0.4, 0.5) is 0 Å². The maximum absolute atomic E-state index is 11.0. The second-order valence-corrected chi connectivity index (χ2v) is 2.72. The van der Waals surface area contributed by atoms with Gasteiger partial charge in [0.15, 0.2) is 5.78 Å². The predicted molar refractivity (Wildman–Crippen MR) is 47.5 cm³/mol. The standard InChI is InChI=1S/C9H14O4/c1-7(13-2)3-4-8(10)5-6-9(11)12/h5-7H,3-4H2,1-2H3,(H,11,12). The van der Waals surface area contributed by atoms with Gasteiger partial charge >= 0.3 is 5.97 Å². The Kier molecular flexibility index (Phi) is 5.80. The zero-order chi connectivity index (χ0) is 10.3. The number of hydrogen-bond acceptors (Lipinski definition) is 3. The van der Waals surface area contributed by atoms with Crippen LogP contribution in [0.2, 0.25) is 0 Å². The summed E-state index contributed by atoms with van der Waals surface area (Å²) in [5.41, 5.74) is 0. The van der Waals surface area contributed by atoms with Gasteiger partial charge in [-0.1, -0.05) is 0 Å². The minimum Gasteiger partial charge on any atom is -0.478 e. The van der Waals surface area contributed by atoms with Crippen molar-refractivity contribution < 1.29 is 19.4 Å². The molecule has 0 aromatic carbocycles. The third-order valence-corrected chi connectivity index (χ3v) is 1.61. The Morgan fingerprint density at radius 2 is 2.08 bits per heavy atom. The predicted octanol–water partition coefficient (Wildman–Crippen LogP) is 1.01. The lowest BCUT2D eigenvalue weighted by Gasteiger charge is -2.06. The van der Waals surface area contributed by atoms with E-state index < -0.39 is 5.97 Å². The number of carboxylic acid groups (broad SMARTS) is 1. The van der Waals surface area contributed by atoms with E-state index in [0.717, 1.165) is 12.2 Å². The number of aliphatic carboxylic acids is 1. The molecule has 1 atom stereocenters. The van der Waals surface area contributed by atoms with Crippen molar-refractivity contribution in [1.82, 2.24) is 0 Å². The number of carboxylic acids is 1. The van der Waals surface area contributed by atoms with Crippen molar-refractivity contribution in [3.05, 3.63) is 12.2 Å². The van der Waals surface area contributed by atoms with Crippen molar-refractivity contribution in [1.29, 1.82) is 0 Å². The minimum atomic E-state index is -1.10. The molecule has 1 unspecified atom stereocenters. The number of ketones is 1. The molecule has 0 saturated heterocycles. The summed E-state index contributed by atoms with van der Waals surface area (Å²) in [4.78, 5) is 21.0. The number of carbonyl (C=O) groups is 2. The Balaban J connectivity index is 3.69. The maximum Gasteiger partial charge on any atom is 0.328 e.